The lowest BCUT2D eigenvalue weighted by atomic mass is 10.0. The summed E-state index contributed by atoms with van der Waals surface area (Å²) in [6, 6.07) is 12.5. The molecule has 4 N–H and O–H groups in total. The van der Waals surface area contributed by atoms with Crippen LogP contribution in [-0.2, 0) is 0 Å². The lowest BCUT2D eigenvalue weighted by molar-refractivity contribution is 0.0908. The minimum Gasteiger partial charge on any atom is -0.394 e. The first-order valence-corrected chi connectivity index (χ1v) is 10.7. The van der Waals surface area contributed by atoms with E-state index in [1.165, 1.54) is 12.1 Å². The third-order valence-electron chi connectivity index (χ3n) is 4.59. The Balaban J connectivity index is 1.66. The number of aliphatic hydroxyl groups excluding tert-OH is 1. The zero-order valence-corrected chi connectivity index (χ0v) is 18.7. The van der Waals surface area contributed by atoms with Crippen LogP contribution in [0.4, 0.5) is 27.5 Å². The SMILES string of the molecule is CC(C)CC(CO)NC(=O)c1ccc(Nc2ncc(S)c(Nc3ccc(F)cc3)n2)cc1. The maximum atomic E-state index is 13.1. The summed E-state index contributed by atoms with van der Waals surface area (Å²) in [5.74, 6) is 0.606. The van der Waals surface area contributed by atoms with E-state index >= 15 is 0 Å². The molecule has 9 heteroatoms. The van der Waals surface area contributed by atoms with Crippen LogP contribution in [0.15, 0.2) is 59.6 Å². The number of aliphatic hydroxyl groups is 1. The van der Waals surface area contributed by atoms with Gasteiger partial charge >= 0.3 is 0 Å². The van der Waals surface area contributed by atoms with Gasteiger partial charge in [-0.3, -0.25) is 4.79 Å². The fourth-order valence-electron chi connectivity index (χ4n) is 3.05. The van der Waals surface area contributed by atoms with E-state index in [0.717, 1.165) is 0 Å². The molecule has 0 fully saturated rings. The van der Waals surface area contributed by atoms with E-state index < -0.39 is 0 Å². The molecule has 3 aromatic rings. The maximum Gasteiger partial charge on any atom is 0.251 e. The van der Waals surface area contributed by atoms with E-state index in [4.69, 9.17) is 0 Å². The second-order valence-electron chi connectivity index (χ2n) is 7.74. The molecule has 1 atom stereocenters. The molecule has 1 heterocycles. The van der Waals surface area contributed by atoms with Crippen LogP contribution < -0.4 is 16.0 Å². The number of carbonyl (C=O) groups excluding carboxylic acids is 1. The van der Waals surface area contributed by atoms with E-state index in [1.54, 1.807) is 42.6 Å². The molecule has 0 aliphatic heterocycles. The number of amides is 1. The van der Waals surface area contributed by atoms with Gasteiger partial charge in [0.15, 0.2) is 0 Å². The summed E-state index contributed by atoms with van der Waals surface area (Å²) < 4.78 is 13.1. The number of carbonyl (C=O) groups is 1. The van der Waals surface area contributed by atoms with Gasteiger partial charge in [-0.2, -0.15) is 4.98 Å². The molecule has 3 rings (SSSR count). The van der Waals surface area contributed by atoms with Crippen LogP contribution in [0.2, 0.25) is 0 Å². The molecule has 32 heavy (non-hydrogen) atoms. The predicted molar refractivity (Wildman–Crippen MR) is 126 cm³/mol. The third-order valence-corrected chi connectivity index (χ3v) is 4.92. The van der Waals surface area contributed by atoms with Crippen molar-refractivity contribution in [3.8, 4) is 0 Å². The highest BCUT2D eigenvalue weighted by molar-refractivity contribution is 7.80. The van der Waals surface area contributed by atoms with Crippen molar-refractivity contribution in [2.75, 3.05) is 17.2 Å². The van der Waals surface area contributed by atoms with E-state index in [9.17, 15) is 14.3 Å². The standard InChI is InChI=1S/C23H26FN5O2S/c1-14(2)11-19(13-30)27-22(31)15-3-7-18(8-4-15)28-23-25-12-20(32)21(29-23)26-17-9-5-16(24)6-10-17/h3-10,12,14,19,30,32H,11,13H2,1-2H3,(H,27,31)(H2,25,26,28,29). The van der Waals surface area contributed by atoms with Gasteiger partial charge in [-0.1, -0.05) is 13.8 Å². The van der Waals surface area contributed by atoms with Gasteiger partial charge in [-0.05, 0) is 60.9 Å². The van der Waals surface area contributed by atoms with Crippen molar-refractivity contribution in [1.29, 1.82) is 0 Å². The molecule has 0 radical (unpaired) electrons. The molecular weight excluding hydrogens is 429 g/mol. The van der Waals surface area contributed by atoms with Crippen molar-refractivity contribution in [1.82, 2.24) is 15.3 Å². The largest absolute Gasteiger partial charge is 0.394 e. The molecule has 2 aromatic carbocycles. The Labute approximate surface area is 191 Å². The van der Waals surface area contributed by atoms with Crippen molar-refractivity contribution in [2.45, 2.75) is 31.2 Å². The number of benzene rings is 2. The molecule has 1 aromatic heterocycles. The topological polar surface area (TPSA) is 99.2 Å². The monoisotopic (exact) mass is 455 g/mol. The normalized spacial score (nSPS) is 11.8. The highest BCUT2D eigenvalue weighted by atomic mass is 32.1. The van der Waals surface area contributed by atoms with Gasteiger partial charge < -0.3 is 21.1 Å². The van der Waals surface area contributed by atoms with Crippen molar-refractivity contribution >= 4 is 41.7 Å². The van der Waals surface area contributed by atoms with Crippen molar-refractivity contribution in [3.05, 3.63) is 66.1 Å². The molecule has 0 saturated heterocycles. The maximum absolute atomic E-state index is 13.1. The Hall–Kier alpha value is -3.17. The summed E-state index contributed by atoms with van der Waals surface area (Å²) in [7, 11) is 0. The fourth-order valence-corrected chi connectivity index (χ4v) is 3.21. The van der Waals surface area contributed by atoms with Crippen LogP contribution in [0.25, 0.3) is 0 Å². The van der Waals surface area contributed by atoms with Crippen LogP contribution >= 0.6 is 12.6 Å². The lowest BCUT2D eigenvalue weighted by Crippen LogP contribution is -2.38. The van der Waals surface area contributed by atoms with Gasteiger partial charge in [-0.25, -0.2) is 9.37 Å². The first kappa shape index (κ1) is 23.5. The fraction of sp³-hybridized carbons (Fsp3) is 0.261. The van der Waals surface area contributed by atoms with Crippen LogP contribution in [0.3, 0.4) is 0 Å². The number of aromatic nitrogens is 2. The summed E-state index contributed by atoms with van der Waals surface area (Å²) in [6.07, 6.45) is 2.25. The van der Waals surface area contributed by atoms with Crippen molar-refractivity contribution < 1.29 is 14.3 Å². The zero-order chi connectivity index (χ0) is 23.1. The number of thiol groups is 1. The number of hydrogen-bond donors (Lipinski definition) is 5. The predicted octanol–water partition coefficient (Wildman–Crippen LogP) is 4.53. The number of nitrogens with one attached hydrogen (secondary N) is 3. The Kier molecular flexibility index (Phi) is 8.02. The van der Waals surface area contributed by atoms with Crippen molar-refractivity contribution in [2.24, 2.45) is 5.92 Å². The summed E-state index contributed by atoms with van der Waals surface area (Å²) in [6.45, 7) is 3.98. The second kappa shape index (κ2) is 10.9. The van der Waals surface area contributed by atoms with Crippen LogP contribution in [-0.4, -0.2) is 33.6 Å². The number of nitrogens with zero attached hydrogens (tertiary/aromatic N) is 2. The van der Waals surface area contributed by atoms with Gasteiger partial charge in [0, 0.05) is 23.1 Å². The van der Waals surface area contributed by atoms with E-state index in [0.29, 0.717) is 45.9 Å². The number of anilines is 4. The van der Waals surface area contributed by atoms with Crippen LogP contribution in [0, 0.1) is 11.7 Å². The summed E-state index contributed by atoms with van der Waals surface area (Å²) >= 11 is 4.36. The van der Waals surface area contributed by atoms with Gasteiger partial charge in [0.25, 0.3) is 5.91 Å². The smallest absolute Gasteiger partial charge is 0.251 e. The Morgan fingerprint density at radius 1 is 1.06 bits per heavy atom. The average molecular weight is 456 g/mol. The quantitative estimate of drug-likeness (QED) is 0.304. The summed E-state index contributed by atoms with van der Waals surface area (Å²) in [5.41, 5.74) is 1.85. The Morgan fingerprint density at radius 3 is 2.31 bits per heavy atom. The van der Waals surface area contributed by atoms with Gasteiger partial charge in [0.1, 0.15) is 11.6 Å². The Morgan fingerprint density at radius 2 is 1.69 bits per heavy atom. The third kappa shape index (κ3) is 6.66. The van der Waals surface area contributed by atoms with Gasteiger partial charge in [0.2, 0.25) is 5.95 Å². The summed E-state index contributed by atoms with van der Waals surface area (Å²) in [5, 5.41) is 18.5. The van der Waals surface area contributed by atoms with E-state index in [-0.39, 0.29) is 24.4 Å². The van der Waals surface area contributed by atoms with E-state index in [2.05, 4.69) is 38.5 Å². The molecule has 0 saturated carbocycles. The van der Waals surface area contributed by atoms with Gasteiger partial charge in [-0.15, -0.1) is 12.6 Å². The summed E-state index contributed by atoms with van der Waals surface area (Å²) in [4.78, 5) is 21.6. The number of rotatable bonds is 9. The lowest BCUT2D eigenvalue weighted by Gasteiger charge is -2.18. The molecule has 1 amide bonds. The van der Waals surface area contributed by atoms with E-state index in [1.807, 2.05) is 13.8 Å². The molecule has 0 bridgehead atoms. The molecule has 0 aliphatic carbocycles. The highest BCUT2D eigenvalue weighted by Crippen LogP contribution is 2.24. The minimum atomic E-state index is -0.323. The molecule has 0 spiro atoms. The molecule has 1 unspecified atom stereocenters. The molecular formula is C23H26FN5O2S. The minimum absolute atomic E-state index is 0.101. The highest BCUT2D eigenvalue weighted by Gasteiger charge is 2.14. The molecule has 0 aliphatic rings. The van der Waals surface area contributed by atoms with Crippen LogP contribution in [0.1, 0.15) is 30.6 Å². The first-order chi connectivity index (χ1) is 15.3. The second-order valence-corrected chi connectivity index (χ2v) is 8.23. The molecule has 168 valence electrons. The zero-order valence-electron chi connectivity index (χ0n) is 17.8. The molecule has 7 nitrogen and oxygen atoms in total. The first-order valence-electron chi connectivity index (χ1n) is 10.2. The van der Waals surface area contributed by atoms with Crippen molar-refractivity contribution in [3.63, 3.8) is 0 Å². The number of hydrogen-bond acceptors (Lipinski definition) is 7. The van der Waals surface area contributed by atoms with Crippen LogP contribution in [0.5, 0.6) is 0 Å². The van der Waals surface area contributed by atoms with Gasteiger partial charge in [0.05, 0.1) is 17.5 Å². The number of halogens is 1. The average Bonchev–Trinajstić information content (AvgIpc) is 2.77. The Bertz CT molecular complexity index is 1050.